The highest BCUT2D eigenvalue weighted by Crippen LogP contribution is 2.43. The lowest BCUT2D eigenvalue weighted by Crippen LogP contribution is -2.28. The van der Waals surface area contributed by atoms with Gasteiger partial charge in [-0.25, -0.2) is 8.78 Å². The maximum absolute atomic E-state index is 14.1. The summed E-state index contributed by atoms with van der Waals surface area (Å²) in [7, 11) is 0. The summed E-state index contributed by atoms with van der Waals surface area (Å²) in [4.78, 5) is 26.6. The molecule has 0 saturated carbocycles. The van der Waals surface area contributed by atoms with Crippen LogP contribution < -0.4 is 10.2 Å². The second-order valence-corrected chi connectivity index (χ2v) is 7.97. The third kappa shape index (κ3) is 3.93. The quantitative estimate of drug-likeness (QED) is 0.618. The minimum absolute atomic E-state index is 0.0977. The van der Waals surface area contributed by atoms with Crippen molar-refractivity contribution in [3.05, 3.63) is 95.1 Å². The third-order valence-electron chi connectivity index (χ3n) is 4.90. The lowest BCUT2D eigenvalue weighted by atomic mass is 10.1. The highest BCUT2D eigenvalue weighted by Gasteiger charge is 2.35. The number of thioether (sulfide) groups is 1. The number of nitrogens with one attached hydrogen (secondary N) is 1. The molecule has 1 heterocycles. The van der Waals surface area contributed by atoms with E-state index in [2.05, 4.69) is 5.32 Å². The van der Waals surface area contributed by atoms with Gasteiger partial charge in [0.25, 0.3) is 5.91 Å². The summed E-state index contributed by atoms with van der Waals surface area (Å²) in [6.07, 6.45) is 0. The fourth-order valence-corrected chi connectivity index (χ4v) is 4.52. The zero-order valence-corrected chi connectivity index (χ0v) is 16.9. The molecular weight excluding hydrogens is 406 g/mol. The van der Waals surface area contributed by atoms with Gasteiger partial charge in [-0.2, -0.15) is 0 Å². The van der Waals surface area contributed by atoms with Crippen molar-refractivity contribution in [3.8, 4) is 0 Å². The lowest BCUT2D eigenvalue weighted by Gasteiger charge is -2.26. The van der Waals surface area contributed by atoms with Gasteiger partial charge in [0.1, 0.15) is 17.0 Å². The van der Waals surface area contributed by atoms with Crippen LogP contribution in [0.15, 0.2) is 66.7 Å². The fourth-order valence-electron chi connectivity index (χ4n) is 3.36. The van der Waals surface area contributed by atoms with Crippen LogP contribution >= 0.6 is 11.8 Å². The first-order chi connectivity index (χ1) is 14.4. The first kappa shape index (κ1) is 20.1. The van der Waals surface area contributed by atoms with Gasteiger partial charge in [0.05, 0.1) is 11.4 Å². The third-order valence-corrected chi connectivity index (χ3v) is 6.11. The van der Waals surface area contributed by atoms with E-state index in [0.29, 0.717) is 22.5 Å². The molecule has 4 rings (SSSR count). The van der Waals surface area contributed by atoms with Crippen LogP contribution in [0.3, 0.4) is 0 Å². The highest BCUT2D eigenvalue weighted by molar-refractivity contribution is 8.00. The molecule has 0 aromatic heterocycles. The lowest BCUT2D eigenvalue weighted by molar-refractivity contribution is -0.115. The molecule has 2 amide bonds. The summed E-state index contributed by atoms with van der Waals surface area (Å²) >= 11 is 1.45. The molecule has 0 aliphatic carbocycles. The van der Waals surface area contributed by atoms with Gasteiger partial charge in [-0.1, -0.05) is 18.2 Å². The molecule has 1 fully saturated rings. The summed E-state index contributed by atoms with van der Waals surface area (Å²) in [5.74, 6) is -0.952. The van der Waals surface area contributed by atoms with Crippen LogP contribution in [0.25, 0.3) is 0 Å². The van der Waals surface area contributed by atoms with E-state index >= 15 is 0 Å². The number of hydrogen-bond acceptors (Lipinski definition) is 3. The molecule has 1 N–H and O–H groups in total. The second kappa shape index (κ2) is 8.28. The summed E-state index contributed by atoms with van der Waals surface area (Å²) < 4.78 is 27.1. The van der Waals surface area contributed by atoms with Crippen LogP contribution in [0.2, 0.25) is 0 Å². The Morgan fingerprint density at radius 3 is 2.57 bits per heavy atom. The van der Waals surface area contributed by atoms with E-state index in [1.807, 2.05) is 6.07 Å². The monoisotopic (exact) mass is 424 g/mol. The molecule has 0 radical (unpaired) electrons. The van der Waals surface area contributed by atoms with Gasteiger partial charge in [-0.05, 0) is 61.0 Å². The standard InChI is InChI=1S/C23H18F2N2O2S/c1-14-19(25)6-3-7-20(14)27-21(28)13-30-23(27)16-4-2-5-18(12-16)26-22(29)15-8-10-17(24)11-9-15/h2-12,23H,13H2,1H3,(H,26,29). The Morgan fingerprint density at radius 2 is 1.80 bits per heavy atom. The Bertz CT molecular complexity index is 1120. The average Bonchev–Trinajstić information content (AvgIpc) is 3.12. The van der Waals surface area contributed by atoms with Crippen molar-refractivity contribution in [2.45, 2.75) is 12.3 Å². The first-order valence-corrected chi connectivity index (χ1v) is 10.3. The van der Waals surface area contributed by atoms with Crippen LogP contribution in [0.5, 0.6) is 0 Å². The molecule has 1 atom stereocenters. The molecule has 4 nitrogen and oxygen atoms in total. The topological polar surface area (TPSA) is 49.4 Å². The van der Waals surface area contributed by atoms with E-state index in [4.69, 9.17) is 0 Å². The number of carbonyl (C=O) groups is 2. The van der Waals surface area contributed by atoms with Gasteiger partial charge in [0, 0.05) is 16.8 Å². The Hall–Kier alpha value is -3.19. The van der Waals surface area contributed by atoms with Crippen molar-refractivity contribution in [2.75, 3.05) is 16.0 Å². The zero-order chi connectivity index (χ0) is 21.3. The van der Waals surface area contributed by atoms with Crippen LogP contribution in [0.1, 0.15) is 26.9 Å². The number of nitrogens with zero attached hydrogens (tertiary/aromatic N) is 1. The maximum atomic E-state index is 14.1. The molecule has 0 spiro atoms. The van der Waals surface area contributed by atoms with E-state index in [9.17, 15) is 18.4 Å². The van der Waals surface area contributed by atoms with Gasteiger partial charge in [0.2, 0.25) is 5.91 Å². The molecule has 152 valence electrons. The predicted octanol–water partition coefficient (Wildman–Crippen LogP) is 5.30. The van der Waals surface area contributed by atoms with Crippen molar-refractivity contribution in [1.82, 2.24) is 0 Å². The average molecular weight is 424 g/mol. The van der Waals surface area contributed by atoms with Crippen LogP contribution in [0, 0.1) is 18.6 Å². The molecule has 1 aliphatic rings. The molecule has 1 unspecified atom stereocenters. The molecule has 1 aliphatic heterocycles. The Labute approximate surface area is 176 Å². The summed E-state index contributed by atoms with van der Waals surface area (Å²) in [5.41, 5.74) is 2.66. The Morgan fingerprint density at radius 1 is 1.07 bits per heavy atom. The minimum atomic E-state index is -0.413. The Balaban J connectivity index is 1.61. The van der Waals surface area contributed by atoms with Gasteiger partial charge < -0.3 is 5.32 Å². The highest BCUT2D eigenvalue weighted by atomic mass is 32.2. The summed E-state index contributed by atoms with van der Waals surface area (Å²) in [6, 6.07) is 17.1. The van der Waals surface area contributed by atoms with E-state index in [1.165, 1.54) is 42.1 Å². The second-order valence-electron chi connectivity index (χ2n) is 6.90. The number of amides is 2. The largest absolute Gasteiger partial charge is 0.322 e. The first-order valence-electron chi connectivity index (χ1n) is 9.29. The van der Waals surface area contributed by atoms with Crippen LogP contribution in [-0.2, 0) is 4.79 Å². The van der Waals surface area contributed by atoms with Crippen molar-refractivity contribution in [1.29, 1.82) is 0 Å². The van der Waals surface area contributed by atoms with E-state index in [1.54, 1.807) is 42.2 Å². The van der Waals surface area contributed by atoms with Crippen LogP contribution in [0.4, 0.5) is 20.2 Å². The Kier molecular flexibility index (Phi) is 5.55. The number of benzene rings is 3. The molecule has 3 aromatic carbocycles. The molecular formula is C23H18F2N2O2S. The van der Waals surface area contributed by atoms with E-state index < -0.39 is 5.82 Å². The number of hydrogen-bond donors (Lipinski definition) is 1. The maximum Gasteiger partial charge on any atom is 0.255 e. The van der Waals surface area contributed by atoms with Gasteiger partial charge in [-0.3, -0.25) is 14.5 Å². The normalized spacial score (nSPS) is 16.0. The molecule has 3 aromatic rings. The minimum Gasteiger partial charge on any atom is -0.322 e. The van der Waals surface area contributed by atoms with Gasteiger partial charge in [-0.15, -0.1) is 11.8 Å². The predicted molar refractivity (Wildman–Crippen MR) is 115 cm³/mol. The number of anilines is 2. The number of halogens is 2. The SMILES string of the molecule is Cc1c(F)cccc1N1C(=O)CSC1c1cccc(NC(=O)c2ccc(F)cc2)c1. The van der Waals surface area contributed by atoms with Crippen LogP contribution in [-0.4, -0.2) is 17.6 Å². The summed E-state index contributed by atoms with van der Waals surface area (Å²) in [6.45, 7) is 1.65. The fraction of sp³-hybridized carbons (Fsp3) is 0.130. The molecule has 30 heavy (non-hydrogen) atoms. The molecule has 1 saturated heterocycles. The summed E-state index contributed by atoms with van der Waals surface area (Å²) in [5, 5.41) is 2.46. The van der Waals surface area contributed by atoms with E-state index in [0.717, 1.165) is 5.56 Å². The van der Waals surface area contributed by atoms with Crippen molar-refractivity contribution >= 4 is 35.0 Å². The van der Waals surface area contributed by atoms with Gasteiger partial charge in [0.15, 0.2) is 0 Å². The van der Waals surface area contributed by atoms with Gasteiger partial charge >= 0.3 is 0 Å². The van der Waals surface area contributed by atoms with Crippen molar-refractivity contribution in [2.24, 2.45) is 0 Å². The number of carbonyl (C=O) groups excluding carboxylic acids is 2. The van der Waals surface area contributed by atoms with Crippen molar-refractivity contribution < 1.29 is 18.4 Å². The zero-order valence-electron chi connectivity index (χ0n) is 16.1. The molecule has 0 bridgehead atoms. The van der Waals surface area contributed by atoms with E-state index in [-0.39, 0.29) is 28.8 Å². The molecule has 7 heteroatoms. The smallest absolute Gasteiger partial charge is 0.255 e. The van der Waals surface area contributed by atoms with Crippen molar-refractivity contribution in [3.63, 3.8) is 0 Å². The number of rotatable bonds is 4.